The molecule has 2 aliphatic heterocycles. The topological polar surface area (TPSA) is 58.4 Å². The third-order valence-electron chi connectivity index (χ3n) is 6.85. The van der Waals surface area contributed by atoms with Crippen LogP contribution >= 0.6 is 35.0 Å². The van der Waals surface area contributed by atoms with Gasteiger partial charge >= 0.3 is 5.69 Å². The molecule has 0 N–H and O–H groups in total. The molecule has 2 atom stereocenters. The monoisotopic (exact) mass is 564 g/mol. The SMILES string of the molecule is C=CC(=O)N1C(C)CN(c2nc(=O)n3c4c(c(-c5cc(Cl)c(F)cc5F)c(Cl)cc24)SCCC3)CC1C. The maximum atomic E-state index is 15.0. The van der Waals surface area contributed by atoms with Crippen molar-refractivity contribution in [2.24, 2.45) is 0 Å². The van der Waals surface area contributed by atoms with E-state index >= 15 is 4.39 Å². The first kappa shape index (κ1) is 26.0. The zero-order chi connectivity index (χ0) is 26.6. The number of rotatable bonds is 3. The van der Waals surface area contributed by atoms with Crippen molar-refractivity contribution in [2.45, 2.75) is 43.8 Å². The molecule has 2 aromatic carbocycles. The van der Waals surface area contributed by atoms with Crippen LogP contribution < -0.4 is 10.6 Å². The highest BCUT2D eigenvalue weighted by Crippen LogP contribution is 2.46. The number of carbonyl (C=O) groups is 1. The molecular weight excluding hydrogens is 541 g/mol. The Kier molecular flexibility index (Phi) is 6.98. The van der Waals surface area contributed by atoms with E-state index in [4.69, 9.17) is 23.2 Å². The number of amides is 1. The number of aromatic nitrogens is 2. The van der Waals surface area contributed by atoms with Crippen LogP contribution in [0.2, 0.25) is 10.0 Å². The van der Waals surface area contributed by atoms with Crippen molar-refractivity contribution >= 4 is 57.6 Å². The summed E-state index contributed by atoms with van der Waals surface area (Å²) in [5, 5.41) is 0.684. The van der Waals surface area contributed by atoms with Crippen LogP contribution in [0.4, 0.5) is 14.6 Å². The lowest BCUT2D eigenvalue weighted by atomic mass is 10.0. The molecule has 0 radical (unpaired) electrons. The number of piperazine rings is 1. The fourth-order valence-electron chi connectivity index (χ4n) is 5.35. The quantitative estimate of drug-likeness (QED) is 0.299. The summed E-state index contributed by atoms with van der Waals surface area (Å²) in [4.78, 5) is 34.6. The molecule has 1 amide bonds. The van der Waals surface area contributed by atoms with Crippen LogP contribution in [0.15, 0.2) is 40.5 Å². The number of halogens is 4. The zero-order valence-electron chi connectivity index (χ0n) is 20.2. The molecule has 2 unspecified atom stereocenters. The third-order valence-corrected chi connectivity index (χ3v) is 8.62. The second-order valence-electron chi connectivity index (χ2n) is 9.33. The van der Waals surface area contributed by atoms with E-state index in [0.29, 0.717) is 59.0 Å². The van der Waals surface area contributed by atoms with Crippen LogP contribution in [-0.2, 0) is 11.3 Å². The maximum Gasteiger partial charge on any atom is 0.350 e. The van der Waals surface area contributed by atoms with Crippen molar-refractivity contribution in [1.29, 1.82) is 0 Å². The molecule has 1 fully saturated rings. The van der Waals surface area contributed by atoms with Gasteiger partial charge in [-0.25, -0.2) is 13.6 Å². The molecule has 1 aromatic heterocycles. The van der Waals surface area contributed by atoms with Gasteiger partial charge in [-0.3, -0.25) is 9.36 Å². The Morgan fingerprint density at radius 3 is 2.51 bits per heavy atom. The van der Waals surface area contributed by atoms with Crippen molar-refractivity contribution in [3.8, 4) is 11.1 Å². The average molecular weight is 565 g/mol. The first-order chi connectivity index (χ1) is 17.6. The minimum Gasteiger partial charge on any atom is -0.352 e. The van der Waals surface area contributed by atoms with E-state index in [1.54, 1.807) is 15.5 Å². The van der Waals surface area contributed by atoms with Gasteiger partial charge in [-0.2, -0.15) is 4.98 Å². The van der Waals surface area contributed by atoms with E-state index in [-0.39, 0.29) is 33.6 Å². The number of hydrogen-bond acceptors (Lipinski definition) is 5. The molecule has 0 spiro atoms. The first-order valence-electron chi connectivity index (χ1n) is 11.9. The Bertz CT molecular complexity index is 1500. The van der Waals surface area contributed by atoms with Crippen LogP contribution in [0, 0.1) is 11.6 Å². The minimum absolute atomic E-state index is 0.0684. The van der Waals surface area contributed by atoms with Gasteiger partial charge in [0.05, 0.1) is 15.6 Å². The Hall–Kier alpha value is -2.62. The van der Waals surface area contributed by atoms with E-state index in [0.717, 1.165) is 6.07 Å². The molecule has 37 heavy (non-hydrogen) atoms. The molecule has 194 valence electrons. The highest BCUT2D eigenvalue weighted by Gasteiger charge is 2.34. The lowest BCUT2D eigenvalue weighted by Gasteiger charge is -2.44. The van der Waals surface area contributed by atoms with E-state index in [1.165, 1.54) is 23.9 Å². The molecule has 1 saturated heterocycles. The molecule has 5 rings (SSSR count). The van der Waals surface area contributed by atoms with Gasteiger partial charge in [0.15, 0.2) is 0 Å². The Balaban J connectivity index is 1.74. The van der Waals surface area contributed by atoms with Gasteiger partial charge in [0, 0.05) is 59.2 Å². The molecular formula is C26H24Cl2F2N4O2S. The van der Waals surface area contributed by atoms with Crippen molar-refractivity contribution < 1.29 is 13.6 Å². The van der Waals surface area contributed by atoms with Crippen molar-refractivity contribution in [2.75, 3.05) is 23.7 Å². The molecule has 0 saturated carbocycles. The van der Waals surface area contributed by atoms with Gasteiger partial charge in [-0.05, 0) is 44.2 Å². The first-order valence-corrected chi connectivity index (χ1v) is 13.6. The summed E-state index contributed by atoms with van der Waals surface area (Å²) in [5.41, 5.74) is 0.636. The van der Waals surface area contributed by atoms with Crippen molar-refractivity contribution in [3.05, 3.63) is 63.0 Å². The van der Waals surface area contributed by atoms with Gasteiger partial charge in [-0.15, -0.1) is 11.8 Å². The molecule has 6 nitrogen and oxygen atoms in total. The van der Waals surface area contributed by atoms with Gasteiger partial charge in [0.1, 0.15) is 17.5 Å². The van der Waals surface area contributed by atoms with Crippen molar-refractivity contribution in [3.63, 3.8) is 0 Å². The van der Waals surface area contributed by atoms with Crippen LogP contribution in [0.25, 0.3) is 22.0 Å². The molecule has 3 aromatic rings. The number of nitrogens with zero attached hydrogens (tertiary/aromatic N) is 4. The average Bonchev–Trinajstić information content (AvgIpc) is 3.07. The second-order valence-corrected chi connectivity index (χ2v) is 11.2. The van der Waals surface area contributed by atoms with Crippen LogP contribution in [-0.4, -0.2) is 51.3 Å². The molecule has 3 heterocycles. The number of anilines is 1. The summed E-state index contributed by atoms with van der Waals surface area (Å²) in [7, 11) is 0. The van der Waals surface area contributed by atoms with Gasteiger partial charge < -0.3 is 9.80 Å². The Labute approximate surface area is 226 Å². The highest BCUT2D eigenvalue weighted by atomic mass is 35.5. The molecule has 0 bridgehead atoms. The number of carbonyl (C=O) groups excluding carboxylic acids is 1. The predicted molar refractivity (Wildman–Crippen MR) is 145 cm³/mol. The third kappa shape index (κ3) is 4.41. The second kappa shape index (κ2) is 9.93. The number of thioether (sulfide) groups is 1. The van der Waals surface area contributed by atoms with E-state index < -0.39 is 17.3 Å². The van der Waals surface area contributed by atoms with Crippen LogP contribution in [0.1, 0.15) is 20.3 Å². The maximum absolute atomic E-state index is 15.0. The van der Waals surface area contributed by atoms with Crippen molar-refractivity contribution in [1.82, 2.24) is 14.5 Å². The summed E-state index contributed by atoms with van der Waals surface area (Å²) in [6, 6.07) is 3.36. The van der Waals surface area contributed by atoms with Gasteiger partial charge in [0.25, 0.3) is 0 Å². The smallest absolute Gasteiger partial charge is 0.350 e. The van der Waals surface area contributed by atoms with E-state index in [2.05, 4.69) is 11.6 Å². The number of benzene rings is 2. The lowest BCUT2D eigenvalue weighted by molar-refractivity contribution is -0.130. The van der Waals surface area contributed by atoms with E-state index in [1.807, 2.05) is 18.7 Å². The van der Waals surface area contributed by atoms with E-state index in [9.17, 15) is 14.0 Å². The van der Waals surface area contributed by atoms with Crippen LogP contribution in [0.3, 0.4) is 0 Å². The Morgan fingerprint density at radius 1 is 1.14 bits per heavy atom. The lowest BCUT2D eigenvalue weighted by Crippen LogP contribution is -2.58. The fraction of sp³-hybridized carbons (Fsp3) is 0.346. The van der Waals surface area contributed by atoms with Gasteiger partial charge in [-0.1, -0.05) is 29.8 Å². The Morgan fingerprint density at radius 2 is 1.84 bits per heavy atom. The highest BCUT2D eigenvalue weighted by molar-refractivity contribution is 7.99. The summed E-state index contributed by atoms with van der Waals surface area (Å²) in [5.74, 6) is -0.663. The predicted octanol–water partition coefficient (Wildman–Crippen LogP) is 5.76. The van der Waals surface area contributed by atoms with Crippen LogP contribution in [0.5, 0.6) is 0 Å². The normalized spacial score (nSPS) is 19.7. The van der Waals surface area contributed by atoms with Gasteiger partial charge in [0.2, 0.25) is 5.91 Å². The summed E-state index contributed by atoms with van der Waals surface area (Å²) < 4.78 is 30.5. The standard InChI is InChI=1S/C26H24Cl2F2N4O2S/c1-4-21(35)34-13(2)11-32(12-14(34)3)25-16-9-18(28)22(15-8-17(27)20(30)10-19(15)29)24-23(16)33(26(36)31-25)6-5-7-37-24/h4,8-10,13-14H,1,5-7,11-12H2,2-3H3. The minimum atomic E-state index is -0.862. The summed E-state index contributed by atoms with van der Waals surface area (Å²) in [6.45, 7) is 8.85. The number of aryl methyl sites for hydroxylation is 1. The molecule has 2 aliphatic rings. The summed E-state index contributed by atoms with van der Waals surface area (Å²) in [6.07, 6.45) is 2.01. The summed E-state index contributed by atoms with van der Waals surface area (Å²) >= 11 is 14.3. The zero-order valence-corrected chi connectivity index (χ0v) is 22.6. The molecule has 0 aliphatic carbocycles. The largest absolute Gasteiger partial charge is 0.352 e. The fourth-order valence-corrected chi connectivity index (χ4v) is 7.07. The number of hydrogen-bond donors (Lipinski definition) is 0. The molecule has 11 heteroatoms.